The molecule has 6 nitrogen and oxygen atoms in total. The van der Waals surface area contributed by atoms with Crippen LogP contribution in [0.5, 0.6) is 0 Å². The number of hydrogen-bond acceptors (Lipinski definition) is 5. The predicted octanol–water partition coefficient (Wildman–Crippen LogP) is 1.42. The van der Waals surface area contributed by atoms with Gasteiger partial charge < -0.3 is 5.32 Å². The smallest absolute Gasteiger partial charge is 0.260 e. The van der Waals surface area contributed by atoms with Crippen molar-refractivity contribution in [3.8, 4) is 0 Å². The molecule has 0 spiro atoms. The van der Waals surface area contributed by atoms with Gasteiger partial charge in [-0.25, -0.2) is 8.42 Å². The van der Waals surface area contributed by atoms with Crippen LogP contribution in [0.2, 0.25) is 0 Å². The van der Waals surface area contributed by atoms with Gasteiger partial charge in [0, 0.05) is 35.7 Å². The Kier molecular flexibility index (Phi) is 5.70. The van der Waals surface area contributed by atoms with Crippen LogP contribution in [0.1, 0.15) is 32.8 Å². The first kappa shape index (κ1) is 16.8. The summed E-state index contributed by atoms with van der Waals surface area (Å²) in [6.45, 7) is 8.06. The molecule has 0 aromatic carbocycles. The second kappa shape index (κ2) is 7.13. The van der Waals surface area contributed by atoms with Gasteiger partial charge in [-0.1, -0.05) is 13.8 Å². The van der Waals surface area contributed by atoms with E-state index in [9.17, 15) is 8.42 Å². The van der Waals surface area contributed by atoms with Crippen molar-refractivity contribution in [2.75, 3.05) is 18.8 Å². The third-order valence-electron chi connectivity index (χ3n) is 3.81. The van der Waals surface area contributed by atoms with Gasteiger partial charge in [0.2, 0.25) is 0 Å². The monoisotopic (exact) mass is 332 g/mol. The number of sulfonamides is 1. The first-order valence-corrected chi connectivity index (χ1v) is 9.83. The number of rotatable bonds is 6. The Morgan fingerprint density at radius 3 is 3.00 bits per heavy atom. The number of H-pyrrole nitrogens is 1. The van der Waals surface area contributed by atoms with Crippen LogP contribution in [0.15, 0.2) is 11.2 Å². The zero-order valence-electron chi connectivity index (χ0n) is 12.8. The molecule has 2 heterocycles. The highest BCUT2D eigenvalue weighted by Crippen LogP contribution is 2.29. The maximum atomic E-state index is 12.9. The van der Waals surface area contributed by atoms with E-state index in [0.717, 1.165) is 18.7 Å². The summed E-state index contributed by atoms with van der Waals surface area (Å²) < 4.78 is 27.4. The number of aromatic amines is 1. The van der Waals surface area contributed by atoms with Crippen molar-refractivity contribution in [1.29, 1.82) is 0 Å². The number of nitrogens with zero attached hydrogens (tertiary/aromatic N) is 2. The lowest BCUT2D eigenvalue weighted by Crippen LogP contribution is -2.48. The summed E-state index contributed by atoms with van der Waals surface area (Å²) >= 11 is 1.82. The number of aromatic nitrogens is 2. The Bertz CT molecular complexity index is 558. The molecule has 2 atom stereocenters. The fraction of sp³-hybridized carbons (Fsp3) is 0.769. The van der Waals surface area contributed by atoms with E-state index in [-0.39, 0.29) is 11.1 Å². The number of nitrogens with one attached hydrogen (secondary N) is 2. The van der Waals surface area contributed by atoms with E-state index in [2.05, 4.69) is 29.4 Å². The predicted molar refractivity (Wildman–Crippen MR) is 85.9 cm³/mol. The van der Waals surface area contributed by atoms with Gasteiger partial charge in [0.15, 0.2) is 5.03 Å². The summed E-state index contributed by atoms with van der Waals surface area (Å²) in [4.78, 5) is 0. The highest BCUT2D eigenvalue weighted by atomic mass is 32.2. The van der Waals surface area contributed by atoms with Crippen molar-refractivity contribution >= 4 is 21.8 Å². The molecule has 1 aliphatic rings. The van der Waals surface area contributed by atoms with Crippen molar-refractivity contribution in [3.63, 3.8) is 0 Å². The van der Waals surface area contributed by atoms with Crippen molar-refractivity contribution in [2.45, 2.75) is 50.1 Å². The summed E-state index contributed by atoms with van der Waals surface area (Å²) in [5.41, 5.74) is 0.710. The standard InChI is InChI=1S/C13H24N4O2S2/c1-4-5-14-8-12-9-15-16-13(12)21(18,19)17-6-7-20-11(3)10(17)2/h9-11,14H,4-8H2,1-3H3,(H,15,16). The lowest BCUT2D eigenvalue weighted by molar-refractivity contribution is 0.338. The molecule has 1 fully saturated rings. The Balaban J connectivity index is 2.21. The largest absolute Gasteiger partial charge is 0.313 e. The minimum absolute atomic E-state index is 0.00602. The number of thioether (sulfide) groups is 1. The third-order valence-corrected chi connectivity index (χ3v) is 7.15. The third kappa shape index (κ3) is 3.61. The summed E-state index contributed by atoms with van der Waals surface area (Å²) in [7, 11) is -3.51. The molecule has 2 rings (SSSR count). The van der Waals surface area contributed by atoms with E-state index in [1.54, 1.807) is 10.5 Å². The Labute approximate surface area is 131 Å². The minimum atomic E-state index is -3.51. The van der Waals surface area contributed by atoms with Gasteiger partial charge in [-0.2, -0.15) is 21.2 Å². The van der Waals surface area contributed by atoms with Crippen LogP contribution >= 0.6 is 11.8 Å². The molecule has 0 bridgehead atoms. The van der Waals surface area contributed by atoms with Gasteiger partial charge in [-0.05, 0) is 19.9 Å². The highest BCUT2D eigenvalue weighted by molar-refractivity contribution is 8.00. The molecule has 120 valence electrons. The van der Waals surface area contributed by atoms with Gasteiger partial charge in [-0.15, -0.1) is 0 Å². The summed E-state index contributed by atoms with van der Waals surface area (Å²) in [6, 6.07) is -0.00602. The fourth-order valence-electron chi connectivity index (χ4n) is 2.41. The zero-order chi connectivity index (χ0) is 15.5. The molecule has 1 aliphatic heterocycles. The van der Waals surface area contributed by atoms with Crippen LogP contribution in [0.4, 0.5) is 0 Å². The van der Waals surface area contributed by atoms with Gasteiger partial charge in [0.25, 0.3) is 10.0 Å². The number of hydrogen-bond donors (Lipinski definition) is 2. The average molecular weight is 332 g/mol. The van der Waals surface area contributed by atoms with Crippen LogP contribution in [-0.2, 0) is 16.6 Å². The summed E-state index contributed by atoms with van der Waals surface area (Å²) in [6.07, 6.45) is 2.61. The van der Waals surface area contributed by atoms with Crippen LogP contribution < -0.4 is 5.32 Å². The van der Waals surface area contributed by atoms with Gasteiger partial charge in [-0.3, -0.25) is 5.10 Å². The molecule has 8 heteroatoms. The Morgan fingerprint density at radius 2 is 2.29 bits per heavy atom. The highest BCUT2D eigenvalue weighted by Gasteiger charge is 2.36. The summed E-state index contributed by atoms with van der Waals surface area (Å²) in [5, 5.41) is 10.4. The van der Waals surface area contributed by atoms with Gasteiger partial charge >= 0.3 is 0 Å². The second-order valence-electron chi connectivity index (χ2n) is 5.33. The van der Waals surface area contributed by atoms with E-state index in [1.165, 1.54) is 0 Å². The minimum Gasteiger partial charge on any atom is -0.313 e. The van der Waals surface area contributed by atoms with Crippen LogP contribution in [0.3, 0.4) is 0 Å². The molecule has 1 saturated heterocycles. The molecule has 2 N–H and O–H groups in total. The van der Waals surface area contributed by atoms with Gasteiger partial charge in [0.05, 0.1) is 6.20 Å². The first-order chi connectivity index (χ1) is 9.98. The topological polar surface area (TPSA) is 78.1 Å². The molecule has 0 saturated carbocycles. The average Bonchev–Trinajstić information content (AvgIpc) is 2.91. The molecule has 0 radical (unpaired) electrons. The van der Waals surface area contributed by atoms with Gasteiger partial charge in [0.1, 0.15) is 0 Å². The molecule has 0 amide bonds. The molecular weight excluding hydrogens is 308 g/mol. The van der Waals surface area contributed by atoms with E-state index in [1.807, 2.05) is 18.7 Å². The Hall–Kier alpha value is -0.570. The molecule has 0 aliphatic carbocycles. The SMILES string of the molecule is CCCNCc1cn[nH]c1S(=O)(=O)N1CCSC(C)C1C. The normalized spacial score (nSPS) is 24.3. The van der Waals surface area contributed by atoms with E-state index in [4.69, 9.17) is 0 Å². The maximum absolute atomic E-state index is 12.9. The quantitative estimate of drug-likeness (QED) is 0.771. The van der Waals surface area contributed by atoms with Crippen LogP contribution in [0, 0.1) is 0 Å². The molecule has 1 aromatic rings. The molecule has 2 unspecified atom stereocenters. The Morgan fingerprint density at radius 1 is 1.52 bits per heavy atom. The lowest BCUT2D eigenvalue weighted by Gasteiger charge is -2.36. The molecule has 1 aromatic heterocycles. The van der Waals surface area contributed by atoms with E-state index < -0.39 is 10.0 Å². The van der Waals surface area contributed by atoms with Crippen LogP contribution in [-0.4, -0.2) is 53.1 Å². The zero-order valence-corrected chi connectivity index (χ0v) is 14.4. The first-order valence-electron chi connectivity index (χ1n) is 7.35. The van der Waals surface area contributed by atoms with Crippen molar-refractivity contribution in [1.82, 2.24) is 19.8 Å². The molecule has 21 heavy (non-hydrogen) atoms. The second-order valence-corrected chi connectivity index (χ2v) is 8.65. The lowest BCUT2D eigenvalue weighted by atomic mass is 10.2. The van der Waals surface area contributed by atoms with Crippen LogP contribution in [0.25, 0.3) is 0 Å². The summed E-state index contributed by atoms with van der Waals surface area (Å²) in [5.74, 6) is 0.836. The van der Waals surface area contributed by atoms with Crippen molar-refractivity contribution < 1.29 is 8.42 Å². The maximum Gasteiger partial charge on any atom is 0.260 e. The molecular formula is C13H24N4O2S2. The van der Waals surface area contributed by atoms with E-state index in [0.29, 0.717) is 23.9 Å². The fourth-order valence-corrected chi connectivity index (χ4v) is 5.51. The van der Waals surface area contributed by atoms with Crippen molar-refractivity contribution in [2.24, 2.45) is 0 Å². The van der Waals surface area contributed by atoms with Crippen molar-refractivity contribution in [3.05, 3.63) is 11.8 Å². The van der Waals surface area contributed by atoms with E-state index >= 15 is 0 Å².